The van der Waals surface area contributed by atoms with Gasteiger partial charge in [0.25, 0.3) is 0 Å². The Hall–Kier alpha value is -3.52. The zero-order valence-corrected chi connectivity index (χ0v) is 23.0. The van der Waals surface area contributed by atoms with Crippen LogP contribution >= 0.6 is 0 Å². The Kier molecular flexibility index (Phi) is 7.10. The second kappa shape index (κ2) is 10.2. The number of ether oxygens (including phenoxy) is 3. The fraction of sp³-hybridized carbons (Fsp3) is 0.484. The maximum Gasteiger partial charge on any atom is 0.411 e. The number of aryl methyl sites for hydroxylation is 1. The van der Waals surface area contributed by atoms with Crippen LogP contribution in [0.1, 0.15) is 85.2 Å². The Balaban J connectivity index is 1.28. The highest BCUT2D eigenvalue weighted by molar-refractivity contribution is 6.01. The van der Waals surface area contributed by atoms with E-state index in [0.29, 0.717) is 37.2 Å². The first-order valence-corrected chi connectivity index (χ1v) is 13.6. The smallest absolute Gasteiger partial charge is 0.411 e. The number of benzene rings is 2. The molecule has 8 nitrogen and oxygen atoms in total. The molecular weight excluding hydrogens is 498 g/mol. The molecule has 0 spiro atoms. The predicted molar refractivity (Wildman–Crippen MR) is 144 cm³/mol. The van der Waals surface area contributed by atoms with E-state index in [-0.39, 0.29) is 30.8 Å². The van der Waals surface area contributed by atoms with Crippen LogP contribution in [0.25, 0.3) is 11.1 Å². The van der Waals surface area contributed by atoms with Crippen LogP contribution in [0.2, 0.25) is 0 Å². The summed E-state index contributed by atoms with van der Waals surface area (Å²) in [6.07, 6.45) is 3.55. The molecule has 2 aromatic carbocycles. The van der Waals surface area contributed by atoms with E-state index in [1.54, 1.807) is 26.8 Å². The summed E-state index contributed by atoms with van der Waals surface area (Å²) in [5, 5.41) is 0. The Labute approximate surface area is 228 Å². The second-order valence-corrected chi connectivity index (χ2v) is 11.8. The molecule has 1 saturated heterocycles. The monoisotopic (exact) mass is 533 g/mol. The van der Waals surface area contributed by atoms with E-state index in [4.69, 9.17) is 14.2 Å². The number of carbonyl (C=O) groups excluding carboxylic acids is 4. The zero-order chi connectivity index (χ0) is 27.9. The van der Waals surface area contributed by atoms with Gasteiger partial charge in [-0.05, 0) is 88.3 Å². The molecule has 0 N–H and O–H groups in total. The highest BCUT2D eigenvalue weighted by Gasteiger charge is 2.49. The van der Waals surface area contributed by atoms with Gasteiger partial charge in [0, 0.05) is 29.2 Å². The lowest BCUT2D eigenvalue weighted by atomic mass is 9.86. The average molecular weight is 534 g/mol. The van der Waals surface area contributed by atoms with E-state index in [0.717, 1.165) is 46.9 Å². The molecule has 0 bridgehead atoms. The molecule has 0 aromatic heterocycles. The molecule has 2 aromatic rings. The Morgan fingerprint density at radius 1 is 1.10 bits per heavy atom. The first-order chi connectivity index (χ1) is 18.5. The third-order valence-corrected chi connectivity index (χ3v) is 7.77. The Morgan fingerprint density at radius 3 is 2.64 bits per heavy atom. The summed E-state index contributed by atoms with van der Waals surface area (Å²) in [4.78, 5) is 51.9. The van der Waals surface area contributed by atoms with Crippen molar-refractivity contribution in [2.24, 2.45) is 0 Å². The molecule has 5 rings (SSSR count). The number of hydrogen-bond acceptors (Lipinski definition) is 7. The lowest BCUT2D eigenvalue weighted by Gasteiger charge is -2.37. The van der Waals surface area contributed by atoms with E-state index in [2.05, 4.69) is 0 Å². The number of Topliss-reactive ketones (excluding diaryl/α,β-unsaturated/α-hetero) is 2. The van der Waals surface area contributed by atoms with Crippen molar-refractivity contribution in [3.63, 3.8) is 0 Å². The molecule has 1 aliphatic carbocycles. The molecule has 0 saturated carbocycles. The lowest BCUT2D eigenvalue weighted by Crippen LogP contribution is -2.55. The van der Waals surface area contributed by atoms with Crippen LogP contribution in [0.5, 0.6) is 5.75 Å². The summed E-state index contributed by atoms with van der Waals surface area (Å²) in [7, 11) is 0. The Bertz CT molecular complexity index is 1340. The summed E-state index contributed by atoms with van der Waals surface area (Å²) in [5.41, 5.74) is 3.23. The number of aldehydes is 1. The van der Waals surface area contributed by atoms with Gasteiger partial charge in [-0.3, -0.25) is 14.5 Å². The van der Waals surface area contributed by atoms with E-state index >= 15 is 0 Å². The van der Waals surface area contributed by atoms with Crippen molar-refractivity contribution < 1.29 is 33.4 Å². The molecule has 8 heteroatoms. The molecule has 1 amide bonds. The molecule has 2 aliphatic heterocycles. The van der Waals surface area contributed by atoms with Crippen LogP contribution in [0.15, 0.2) is 30.3 Å². The van der Waals surface area contributed by atoms with Crippen LogP contribution in [0.3, 0.4) is 0 Å². The normalized spacial score (nSPS) is 21.9. The predicted octanol–water partition coefficient (Wildman–Crippen LogP) is 5.32. The van der Waals surface area contributed by atoms with Gasteiger partial charge in [-0.2, -0.15) is 0 Å². The number of carbonyl (C=O) groups is 4. The highest BCUT2D eigenvalue weighted by atomic mass is 16.6. The first kappa shape index (κ1) is 27.1. The molecule has 2 heterocycles. The van der Waals surface area contributed by atoms with Crippen molar-refractivity contribution in [1.82, 2.24) is 4.90 Å². The SMILES string of the molecule is C[C@H]1CC[C@@](C=O)(COCC(=O)c2ccc3c(c2)COc2cc4c(cc2-3)CCCC4=O)N1C(=O)OC(C)(C)C. The molecular formula is C31H35NO7. The van der Waals surface area contributed by atoms with Gasteiger partial charge in [-0.1, -0.05) is 12.1 Å². The van der Waals surface area contributed by atoms with E-state index in [1.165, 1.54) is 4.90 Å². The summed E-state index contributed by atoms with van der Waals surface area (Å²) < 4.78 is 17.3. The largest absolute Gasteiger partial charge is 0.488 e. The van der Waals surface area contributed by atoms with Gasteiger partial charge in [0.05, 0.1) is 6.61 Å². The number of fused-ring (bicyclic) bond motifs is 4. The first-order valence-electron chi connectivity index (χ1n) is 13.6. The number of amides is 1. The van der Waals surface area contributed by atoms with Crippen molar-refractivity contribution in [2.75, 3.05) is 13.2 Å². The third-order valence-electron chi connectivity index (χ3n) is 7.77. The summed E-state index contributed by atoms with van der Waals surface area (Å²) in [6, 6.07) is 9.21. The minimum Gasteiger partial charge on any atom is -0.488 e. The van der Waals surface area contributed by atoms with Gasteiger partial charge in [0.15, 0.2) is 11.6 Å². The van der Waals surface area contributed by atoms with Gasteiger partial charge in [0.1, 0.15) is 36.4 Å². The van der Waals surface area contributed by atoms with Crippen LogP contribution in [0.4, 0.5) is 4.79 Å². The van der Waals surface area contributed by atoms with Crippen molar-refractivity contribution in [1.29, 1.82) is 0 Å². The van der Waals surface area contributed by atoms with Gasteiger partial charge < -0.3 is 19.0 Å². The highest BCUT2D eigenvalue weighted by Crippen LogP contribution is 2.41. The second-order valence-electron chi connectivity index (χ2n) is 11.8. The summed E-state index contributed by atoms with van der Waals surface area (Å²) in [5.74, 6) is 0.626. The Morgan fingerprint density at radius 2 is 1.90 bits per heavy atom. The van der Waals surface area contributed by atoms with Gasteiger partial charge in [-0.15, -0.1) is 0 Å². The number of ketones is 2. The van der Waals surface area contributed by atoms with Crippen molar-refractivity contribution in [2.45, 2.75) is 83.6 Å². The minimum absolute atomic E-state index is 0.0862. The number of rotatable bonds is 6. The van der Waals surface area contributed by atoms with Crippen LogP contribution in [-0.2, 0) is 27.3 Å². The lowest BCUT2D eigenvalue weighted by molar-refractivity contribution is -0.121. The quantitative estimate of drug-likeness (QED) is 0.366. The summed E-state index contributed by atoms with van der Waals surface area (Å²) >= 11 is 0. The standard InChI is InChI=1S/C31H35NO7/c1-19-10-11-31(17-33,32(19)29(36)39-30(2,3)4)18-37-16-27(35)21-8-9-23-22(12-21)15-38-28-14-24-20(13-25(23)28)6-5-7-26(24)34/h8-9,12-14,17,19H,5-7,10-11,15-16,18H2,1-4H3/t19-,31+/m0/s1. The fourth-order valence-electron chi connectivity index (χ4n) is 5.82. The van der Waals surface area contributed by atoms with Crippen molar-refractivity contribution in [3.8, 4) is 16.9 Å². The molecule has 1 fully saturated rings. The van der Waals surface area contributed by atoms with Crippen LogP contribution < -0.4 is 4.74 Å². The maximum absolute atomic E-state index is 13.0. The molecule has 206 valence electrons. The number of nitrogens with zero attached hydrogens (tertiary/aromatic N) is 1. The molecule has 2 atom stereocenters. The average Bonchev–Trinajstić information content (AvgIpc) is 3.23. The van der Waals surface area contributed by atoms with E-state index in [1.807, 2.05) is 31.2 Å². The topological polar surface area (TPSA) is 99.2 Å². The maximum atomic E-state index is 13.0. The number of likely N-dealkylation sites (tertiary alicyclic amines) is 1. The van der Waals surface area contributed by atoms with Gasteiger partial charge in [-0.25, -0.2) is 4.79 Å². The fourth-order valence-corrected chi connectivity index (χ4v) is 5.82. The van der Waals surface area contributed by atoms with Crippen molar-refractivity contribution >= 4 is 23.9 Å². The van der Waals surface area contributed by atoms with Crippen molar-refractivity contribution in [3.05, 3.63) is 52.6 Å². The molecule has 39 heavy (non-hydrogen) atoms. The van der Waals surface area contributed by atoms with Gasteiger partial charge >= 0.3 is 6.09 Å². The molecule has 3 aliphatic rings. The molecule has 0 unspecified atom stereocenters. The summed E-state index contributed by atoms with van der Waals surface area (Å²) in [6.45, 7) is 7.20. The van der Waals surface area contributed by atoms with Crippen LogP contribution in [-0.4, -0.2) is 59.2 Å². The van der Waals surface area contributed by atoms with Crippen LogP contribution in [0, 0.1) is 0 Å². The minimum atomic E-state index is -1.17. The van der Waals surface area contributed by atoms with E-state index in [9.17, 15) is 19.2 Å². The number of hydrogen-bond donors (Lipinski definition) is 0. The third kappa shape index (κ3) is 5.22. The zero-order valence-electron chi connectivity index (χ0n) is 23.0. The van der Waals surface area contributed by atoms with Gasteiger partial charge in [0.2, 0.25) is 0 Å². The molecule has 0 radical (unpaired) electrons. The van der Waals surface area contributed by atoms with E-state index < -0.39 is 17.2 Å².